The van der Waals surface area contributed by atoms with Crippen molar-refractivity contribution in [1.29, 1.82) is 0 Å². The third-order valence-corrected chi connectivity index (χ3v) is 3.31. The molecule has 5 nitrogen and oxygen atoms in total. The molecule has 1 N–H and O–H groups in total. The number of rotatable bonds is 5. The van der Waals surface area contributed by atoms with Gasteiger partial charge >= 0.3 is 5.97 Å². The second kappa shape index (κ2) is 6.24. The Labute approximate surface area is 122 Å². The highest BCUT2D eigenvalue weighted by Gasteiger charge is 2.22. The van der Waals surface area contributed by atoms with Crippen LogP contribution in [0.3, 0.4) is 0 Å². The van der Waals surface area contributed by atoms with E-state index in [-0.39, 0.29) is 17.9 Å². The highest BCUT2D eigenvalue weighted by Crippen LogP contribution is 2.12. The quantitative estimate of drug-likeness (QED) is 0.860. The van der Waals surface area contributed by atoms with Crippen LogP contribution in [0.4, 0.5) is 0 Å². The molecule has 2 heterocycles. The minimum absolute atomic E-state index is 0.147. The van der Waals surface area contributed by atoms with Gasteiger partial charge in [-0.1, -0.05) is 25.4 Å². The highest BCUT2D eigenvalue weighted by molar-refractivity contribution is 6.30. The number of carbonyl (C=O) groups excluding carboxylic acids is 1. The normalized spacial score (nSPS) is 12.8. The van der Waals surface area contributed by atoms with Gasteiger partial charge in [0, 0.05) is 18.9 Å². The lowest BCUT2D eigenvalue weighted by atomic mass is 10.0. The van der Waals surface area contributed by atoms with Crippen LogP contribution in [0, 0.1) is 5.92 Å². The van der Waals surface area contributed by atoms with E-state index in [1.807, 2.05) is 30.5 Å². The molecule has 1 unspecified atom stereocenters. The van der Waals surface area contributed by atoms with Gasteiger partial charge in [-0.2, -0.15) is 0 Å². The first-order chi connectivity index (χ1) is 9.51. The average molecular weight is 296 g/mol. The zero-order chi connectivity index (χ0) is 14.7. The molecule has 0 bridgehead atoms. The van der Waals surface area contributed by atoms with Crippen molar-refractivity contribution < 1.29 is 9.53 Å². The zero-order valence-electron chi connectivity index (χ0n) is 11.8. The Balaban J connectivity index is 2.09. The number of pyridine rings is 1. The number of esters is 1. The van der Waals surface area contributed by atoms with Gasteiger partial charge in [0.15, 0.2) is 0 Å². The minimum atomic E-state index is -0.339. The van der Waals surface area contributed by atoms with Crippen molar-refractivity contribution in [2.75, 3.05) is 7.11 Å². The number of aromatic nitrogens is 2. The van der Waals surface area contributed by atoms with Crippen molar-refractivity contribution in [3.63, 3.8) is 0 Å². The van der Waals surface area contributed by atoms with Crippen LogP contribution >= 0.6 is 11.6 Å². The van der Waals surface area contributed by atoms with Gasteiger partial charge in [0.1, 0.15) is 11.7 Å². The SMILES string of the molecule is COC(=O)C(NCc1cn2cc(Cl)ccc2n1)C(C)C. The summed E-state index contributed by atoms with van der Waals surface area (Å²) in [5.41, 5.74) is 1.67. The van der Waals surface area contributed by atoms with Gasteiger partial charge in [-0.25, -0.2) is 4.98 Å². The second-order valence-corrected chi connectivity index (χ2v) is 5.41. The second-order valence-electron chi connectivity index (χ2n) is 4.97. The molecular weight excluding hydrogens is 278 g/mol. The molecule has 1 atom stereocenters. The summed E-state index contributed by atoms with van der Waals surface area (Å²) >= 11 is 5.93. The minimum Gasteiger partial charge on any atom is -0.468 e. The molecule has 0 aliphatic heterocycles. The third kappa shape index (κ3) is 3.29. The summed E-state index contributed by atoms with van der Waals surface area (Å²) in [7, 11) is 1.40. The Morgan fingerprint density at radius 2 is 2.20 bits per heavy atom. The third-order valence-electron chi connectivity index (χ3n) is 3.09. The van der Waals surface area contributed by atoms with Crippen LogP contribution in [0.15, 0.2) is 24.5 Å². The van der Waals surface area contributed by atoms with Gasteiger partial charge in [-0.05, 0) is 18.1 Å². The first-order valence-electron chi connectivity index (χ1n) is 6.45. The van der Waals surface area contributed by atoms with E-state index >= 15 is 0 Å². The standard InChI is InChI=1S/C14H18ClN3O2/c1-9(2)13(14(19)20-3)16-6-11-8-18-7-10(15)4-5-12(18)17-11/h4-5,7-9,13,16H,6H2,1-3H3. The van der Waals surface area contributed by atoms with Crippen LogP contribution in [0.5, 0.6) is 0 Å². The summed E-state index contributed by atoms with van der Waals surface area (Å²) in [6, 6.07) is 3.31. The molecule has 0 amide bonds. The number of hydrogen-bond donors (Lipinski definition) is 1. The Morgan fingerprint density at radius 3 is 2.85 bits per heavy atom. The number of fused-ring (bicyclic) bond motifs is 1. The molecule has 6 heteroatoms. The van der Waals surface area contributed by atoms with E-state index in [9.17, 15) is 4.79 Å². The molecule has 0 fully saturated rings. The average Bonchev–Trinajstić information content (AvgIpc) is 2.79. The smallest absolute Gasteiger partial charge is 0.323 e. The van der Waals surface area contributed by atoms with Crippen LogP contribution in [0.2, 0.25) is 5.02 Å². The predicted molar refractivity (Wildman–Crippen MR) is 77.7 cm³/mol. The molecule has 108 valence electrons. The fourth-order valence-corrected chi connectivity index (χ4v) is 2.20. The highest BCUT2D eigenvalue weighted by atomic mass is 35.5. The molecule has 2 aromatic rings. The summed E-state index contributed by atoms with van der Waals surface area (Å²) in [6.07, 6.45) is 3.69. The van der Waals surface area contributed by atoms with Crippen molar-refractivity contribution >= 4 is 23.2 Å². The Hall–Kier alpha value is -1.59. The maximum absolute atomic E-state index is 11.7. The Bertz CT molecular complexity index is 609. The lowest BCUT2D eigenvalue weighted by Crippen LogP contribution is -2.41. The zero-order valence-corrected chi connectivity index (χ0v) is 12.5. The number of nitrogens with zero attached hydrogens (tertiary/aromatic N) is 2. The van der Waals surface area contributed by atoms with Gasteiger partial charge in [-0.15, -0.1) is 0 Å². The Kier molecular flexibility index (Phi) is 4.62. The van der Waals surface area contributed by atoms with Crippen molar-refractivity contribution in [2.24, 2.45) is 5.92 Å². The maximum Gasteiger partial charge on any atom is 0.323 e. The maximum atomic E-state index is 11.7. The molecule has 20 heavy (non-hydrogen) atoms. The van der Waals surface area contributed by atoms with Crippen LogP contribution in [0.1, 0.15) is 19.5 Å². The lowest BCUT2D eigenvalue weighted by molar-refractivity contribution is -0.144. The van der Waals surface area contributed by atoms with Crippen molar-refractivity contribution in [3.05, 3.63) is 35.2 Å². The van der Waals surface area contributed by atoms with Gasteiger partial charge < -0.3 is 9.14 Å². The van der Waals surface area contributed by atoms with Crippen LogP contribution < -0.4 is 5.32 Å². The predicted octanol–water partition coefficient (Wildman–Crippen LogP) is 2.27. The molecule has 0 aromatic carbocycles. The molecule has 0 spiro atoms. The summed E-state index contributed by atoms with van der Waals surface area (Å²) in [5.74, 6) is -0.110. The summed E-state index contributed by atoms with van der Waals surface area (Å²) < 4.78 is 6.66. The fourth-order valence-electron chi connectivity index (χ4n) is 2.04. The van der Waals surface area contributed by atoms with Crippen LogP contribution in [-0.2, 0) is 16.1 Å². The van der Waals surface area contributed by atoms with Gasteiger partial charge in [0.2, 0.25) is 0 Å². The first kappa shape index (κ1) is 14.8. The van der Waals surface area contributed by atoms with Gasteiger partial charge in [0.05, 0.1) is 17.8 Å². The monoisotopic (exact) mass is 295 g/mol. The lowest BCUT2D eigenvalue weighted by Gasteiger charge is -2.19. The largest absolute Gasteiger partial charge is 0.468 e. The Morgan fingerprint density at radius 1 is 1.45 bits per heavy atom. The molecule has 0 aliphatic carbocycles. The number of ether oxygens (including phenoxy) is 1. The molecule has 2 rings (SSSR count). The first-order valence-corrected chi connectivity index (χ1v) is 6.83. The molecule has 0 radical (unpaired) electrons. The molecule has 2 aromatic heterocycles. The van der Waals surface area contributed by atoms with Crippen LogP contribution in [-0.4, -0.2) is 28.5 Å². The summed E-state index contributed by atoms with van der Waals surface area (Å²) in [6.45, 7) is 4.44. The summed E-state index contributed by atoms with van der Waals surface area (Å²) in [4.78, 5) is 16.1. The van der Waals surface area contributed by atoms with E-state index in [0.717, 1.165) is 11.3 Å². The van der Waals surface area contributed by atoms with Crippen molar-refractivity contribution in [1.82, 2.24) is 14.7 Å². The van der Waals surface area contributed by atoms with E-state index in [4.69, 9.17) is 16.3 Å². The number of nitrogens with one attached hydrogen (secondary N) is 1. The molecule has 0 saturated heterocycles. The number of hydrogen-bond acceptors (Lipinski definition) is 4. The van der Waals surface area contributed by atoms with Gasteiger partial charge in [0.25, 0.3) is 0 Å². The van der Waals surface area contributed by atoms with Crippen molar-refractivity contribution in [2.45, 2.75) is 26.4 Å². The molecular formula is C14H18ClN3O2. The number of imidazole rings is 1. The van der Waals surface area contributed by atoms with Crippen LogP contribution in [0.25, 0.3) is 5.65 Å². The van der Waals surface area contributed by atoms with E-state index in [1.54, 1.807) is 12.3 Å². The fraction of sp³-hybridized carbons (Fsp3) is 0.429. The van der Waals surface area contributed by atoms with E-state index < -0.39 is 0 Å². The number of halogens is 1. The van der Waals surface area contributed by atoms with E-state index in [1.165, 1.54) is 7.11 Å². The summed E-state index contributed by atoms with van der Waals surface area (Å²) in [5, 5.41) is 3.83. The van der Waals surface area contributed by atoms with E-state index in [0.29, 0.717) is 11.6 Å². The molecule has 0 saturated carbocycles. The number of carbonyl (C=O) groups is 1. The molecule has 0 aliphatic rings. The van der Waals surface area contributed by atoms with E-state index in [2.05, 4.69) is 10.3 Å². The topological polar surface area (TPSA) is 55.6 Å². The van der Waals surface area contributed by atoms with Gasteiger partial charge in [-0.3, -0.25) is 10.1 Å². The van der Waals surface area contributed by atoms with Crippen molar-refractivity contribution in [3.8, 4) is 0 Å². The number of methoxy groups -OCH3 is 1.